The summed E-state index contributed by atoms with van der Waals surface area (Å²) in [6.07, 6.45) is 2.84. The van der Waals surface area contributed by atoms with Gasteiger partial charge in [-0.15, -0.1) is 0 Å². The molecule has 0 fully saturated rings. The van der Waals surface area contributed by atoms with Crippen LogP contribution in [0.1, 0.15) is 32.6 Å². The number of nitrogens with zero attached hydrogens (tertiary/aromatic N) is 6. The fraction of sp³-hybridized carbons (Fsp3) is 0.355. The predicted octanol–water partition coefficient (Wildman–Crippen LogP) is 5.79. The second-order valence-corrected chi connectivity index (χ2v) is 10.6. The highest BCUT2D eigenvalue weighted by molar-refractivity contribution is 6.02. The largest absolute Gasteiger partial charge is 0.492 e. The first-order valence-electron chi connectivity index (χ1n) is 13.9. The van der Waals surface area contributed by atoms with Crippen molar-refractivity contribution in [2.75, 3.05) is 56.4 Å². The summed E-state index contributed by atoms with van der Waals surface area (Å²) in [5.41, 5.74) is 4.12. The van der Waals surface area contributed by atoms with Crippen LogP contribution in [0.3, 0.4) is 0 Å². The molecule has 2 N–H and O–H groups in total. The Morgan fingerprint density at radius 1 is 1.14 bits per heavy atom. The van der Waals surface area contributed by atoms with Gasteiger partial charge in [0.25, 0.3) is 0 Å². The number of benzene rings is 2. The SMILES string of the molecule is C=CC(=O)Nc1cc(Nc2nccc(-c3cc(F)c4nc(C)n(C(C)C)c4c3)n2)c(OCC)cc1N(C)CCN(C)C. The van der Waals surface area contributed by atoms with Gasteiger partial charge in [-0.25, -0.2) is 19.3 Å². The van der Waals surface area contributed by atoms with E-state index >= 15 is 4.39 Å². The fourth-order valence-electron chi connectivity index (χ4n) is 4.78. The summed E-state index contributed by atoms with van der Waals surface area (Å²) < 4.78 is 23.1. The van der Waals surface area contributed by atoms with Crippen molar-refractivity contribution in [2.45, 2.75) is 33.7 Å². The molecular weight excluding hydrogens is 535 g/mol. The maximum Gasteiger partial charge on any atom is 0.247 e. The molecule has 0 radical (unpaired) electrons. The average molecular weight is 575 g/mol. The Labute approximate surface area is 246 Å². The molecule has 0 aliphatic heterocycles. The lowest BCUT2D eigenvalue weighted by molar-refractivity contribution is -0.111. The molecule has 2 aromatic carbocycles. The Morgan fingerprint density at radius 3 is 2.57 bits per heavy atom. The smallest absolute Gasteiger partial charge is 0.247 e. The number of nitrogens with one attached hydrogen (secondary N) is 2. The van der Waals surface area contributed by atoms with Crippen molar-refractivity contribution in [3.05, 3.63) is 60.8 Å². The van der Waals surface area contributed by atoms with E-state index in [1.165, 1.54) is 12.1 Å². The van der Waals surface area contributed by atoms with Gasteiger partial charge in [-0.2, -0.15) is 0 Å². The van der Waals surface area contributed by atoms with Crippen molar-refractivity contribution < 1.29 is 13.9 Å². The fourth-order valence-corrected chi connectivity index (χ4v) is 4.78. The summed E-state index contributed by atoms with van der Waals surface area (Å²) in [6.45, 7) is 13.4. The third kappa shape index (κ3) is 6.68. The third-order valence-corrected chi connectivity index (χ3v) is 6.77. The zero-order chi connectivity index (χ0) is 30.6. The Hall–Kier alpha value is -4.51. The molecule has 10 nitrogen and oxygen atoms in total. The second kappa shape index (κ2) is 13.0. The molecule has 4 aromatic rings. The average Bonchev–Trinajstić information content (AvgIpc) is 3.29. The summed E-state index contributed by atoms with van der Waals surface area (Å²) in [7, 11) is 5.97. The van der Waals surface area contributed by atoms with Gasteiger partial charge in [0.05, 0.1) is 34.9 Å². The number of hydrogen-bond acceptors (Lipinski definition) is 8. The van der Waals surface area contributed by atoms with Crippen LogP contribution in [0.4, 0.5) is 27.4 Å². The summed E-state index contributed by atoms with van der Waals surface area (Å²) in [6, 6.07) is 8.86. The van der Waals surface area contributed by atoms with E-state index in [4.69, 9.17) is 4.74 Å². The standard InChI is InChI=1S/C31H39FN8O2/c1-9-29(41)35-24-17-25(28(42-10-2)18-26(24)39(8)14-13-38(6)7)37-31-33-12-11-23(36-31)21-15-22(32)30-27(16-21)40(19(3)4)20(5)34-30/h9,11-12,15-19H,1,10,13-14H2,2-8H3,(H,35,41)(H,33,36,37). The number of rotatable bonds is 12. The molecule has 0 bridgehead atoms. The number of ether oxygens (including phenoxy) is 1. The van der Waals surface area contributed by atoms with Crippen LogP contribution in [-0.4, -0.2) is 71.2 Å². The monoisotopic (exact) mass is 574 g/mol. The summed E-state index contributed by atoms with van der Waals surface area (Å²) in [4.78, 5) is 30.0. The molecule has 4 rings (SSSR count). The number of anilines is 4. The van der Waals surface area contributed by atoms with E-state index in [1.54, 1.807) is 18.3 Å². The Balaban J connectivity index is 1.74. The van der Waals surface area contributed by atoms with Gasteiger partial charge in [0.15, 0.2) is 5.82 Å². The van der Waals surface area contributed by atoms with Crippen LogP contribution in [0.5, 0.6) is 5.75 Å². The minimum absolute atomic E-state index is 0.116. The van der Waals surface area contributed by atoms with Crippen molar-refractivity contribution in [3.63, 3.8) is 0 Å². The highest BCUT2D eigenvalue weighted by atomic mass is 19.1. The van der Waals surface area contributed by atoms with Crippen LogP contribution in [0.2, 0.25) is 0 Å². The van der Waals surface area contributed by atoms with Crippen molar-refractivity contribution in [1.82, 2.24) is 24.4 Å². The van der Waals surface area contributed by atoms with E-state index in [9.17, 15) is 4.79 Å². The molecule has 0 spiro atoms. The van der Waals surface area contributed by atoms with E-state index in [0.29, 0.717) is 46.0 Å². The number of fused-ring (bicyclic) bond motifs is 1. The maximum absolute atomic E-state index is 15.2. The Kier molecular flexibility index (Phi) is 9.41. The third-order valence-electron chi connectivity index (χ3n) is 6.77. The second-order valence-electron chi connectivity index (χ2n) is 10.6. The molecule has 0 atom stereocenters. The number of imidazole rings is 1. The molecular formula is C31H39FN8O2. The number of carbonyl (C=O) groups excluding carboxylic acids is 1. The molecule has 0 aliphatic carbocycles. The topological polar surface area (TPSA) is 100 Å². The summed E-state index contributed by atoms with van der Waals surface area (Å²) in [5.74, 6) is 0.864. The highest BCUT2D eigenvalue weighted by Crippen LogP contribution is 2.38. The molecule has 2 heterocycles. The lowest BCUT2D eigenvalue weighted by atomic mass is 10.1. The van der Waals surface area contributed by atoms with Crippen molar-refractivity contribution in [2.24, 2.45) is 0 Å². The number of aryl methyl sites for hydroxylation is 1. The van der Waals surface area contributed by atoms with Crippen LogP contribution in [0, 0.1) is 12.7 Å². The van der Waals surface area contributed by atoms with Crippen molar-refractivity contribution in [1.29, 1.82) is 0 Å². The van der Waals surface area contributed by atoms with Crippen LogP contribution in [0.25, 0.3) is 22.3 Å². The minimum Gasteiger partial charge on any atom is -0.492 e. The van der Waals surface area contributed by atoms with Gasteiger partial charge >= 0.3 is 0 Å². The number of likely N-dealkylation sites (N-methyl/N-ethyl adjacent to an activating group) is 2. The zero-order valence-corrected chi connectivity index (χ0v) is 25.3. The van der Waals surface area contributed by atoms with Crippen molar-refractivity contribution >= 4 is 40.0 Å². The van der Waals surface area contributed by atoms with Gasteiger partial charge in [0.2, 0.25) is 11.9 Å². The Morgan fingerprint density at radius 2 is 1.90 bits per heavy atom. The van der Waals surface area contributed by atoms with Crippen LogP contribution in [-0.2, 0) is 4.79 Å². The number of halogens is 1. The maximum atomic E-state index is 15.2. The van der Waals surface area contributed by atoms with E-state index in [0.717, 1.165) is 24.6 Å². The van der Waals surface area contributed by atoms with Gasteiger partial charge in [-0.05, 0) is 72.1 Å². The zero-order valence-electron chi connectivity index (χ0n) is 25.3. The van der Waals surface area contributed by atoms with E-state index in [1.807, 2.05) is 65.5 Å². The molecule has 0 saturated carbocycles. The van der Waals surface area contributed by atoms with Crippen molar-refractivity contribution in [3.8, 4) is 17.0 Å². The lowest BCUT2D eigenvalue weighted by Gasteiger charge is -2.26. The van der Waals surface area contributed by atoms with E-state index in [2.05, 4.69) is 42.0 Å². The highest BCUT2D eigenvalue weighted by Gasteiger charge is 2.19. The van der Waals surface area contributed by atoms with Gasteiger partial charge in [0, 0.05) is 44.0 Å². The first kappa shape index (κ1) is 30.4. The van der Waals surface area contributed by atoms with E-state index in [-0.39, 0.29) is 17.9 Å². The Bertz CT molecular complexity index is 1600. The number of amides is 1. The molecule has 0 aliphatic rings. The number of hydrogen-bond donors (Lipinski definition) is 2. The molecule has 0 saturated heterocycles. The minimum atomic E-state index is -0.409. The van der Waals surface area contributed by atoms with Gasteiger partial charge in [-0.3, -0.25) is 4.79 Å². The first-order valence-corrected chi connectivity index (χ1v) is 13.9. The molecule has 11 heteroatoms. The summed E-state index contributed by atoms with van der Waals surface area (Å²) >= 11 is 0. The van der Waals surface area contributed by atoms with Crippen LogP contribution >= 0.6 is 0 Å². The van der Waals surface area contributed by atoms with Gasteiger partial charge < -0.3 is 29.7 Å². The molecule has 2 aromatic heterocycles. The first-order chi connectivity index (χ1) is 20.0. The molecule has 0 unspecified atom stereocenters. The molecule has 222 valence electrons. The van der Waals surface area contributed by atoms with Crippen LogP contribution in [0.15, 0.2) is 49.2 Å². The quantitative estimate of drug-likeness (QED) is 0.205. The molecule has 1 amide bonds. The van der Waals surface area contributed by atoms with Gasteiger partial charge in [-0.1, -0.05) is 6.58 Å². The van der Waals surface area contributed by atoms with Gasteiger partial charge in [0.1, 0.15) is 17.1 Å². The number of carbonyl (C=O) groups is 1. The normalized spacial score (nSPS) is 11.3. The van der Waals surface area contributed by atoms with E-state index < -0.39 is 5.82 Å². The predicted molar refractivity (Wildman–Crippen MR) is 167 cm³/mol. The van der Waals surface area contributed by atoms with Crippen LogP contribution < -0.4 is 20.3 Å². The molecule has 42 heavy (non-hydrogen) atoms. The number of aromatic nitrogens is 4. The summed E-state index contributed by atoms with van der Waals surface area (Å²) in [5, 5.41) is 6.14. The lowest BCUT2D eigenvalue weighted by Crippen LogP contribution is -2.29.